The highest BCUT2D eigenvalue weighted by Gasteiger charge is 2.06. The molecule has 0 fully saturated rings. The fraction of sp³-hybridized carbons (Fsp3) is 0.350. The van der Waals surface area contributed by atoms with Gasteiger partial charge in [-0.25, -0.2) is 4.79 Å². The van der Waals surface area contributed by atoms with Gasteiger partial charge in [-0.2, -0.15) is 0 Å². The third kappa shape index (κ3) is 7.10. The lowest BCUT2D eigenvalue weighted by Crippen LogP contribution is -2.14. The van der Waals surface area contributed by atoms with Crippen LogP contribution in [0, 0.1) is 6.92 Å². The van der Waals surface area contributed by atoms with Crippen LogP contribution in [0.25, 0.3) is 0 Å². The highest BCUT2D eigenvalue weighted by atomic mass is 32.2. The monoisotopic (exact) mass is 360 g/mol. The number of benzene rings is 2. The van der Waals surface area contributed by atoms with E-state index in [1.165, 1.54) is 4.90 Å². The van der Waals surface area contributed by atoms with Crippen molar-refractivity contribution in [3.8, 4) is 11.5 Å². The van der Waals surface area contributed by atoms with Gasteiger partial charge in [-0.15, -0.1) is 11.8 Å². The molecule has 0 saturated heterocycles. The van der Waals surface area contributed by atoms with Gasteiger partial charge in [0.15, 0.2) is 6.61 Å². The topological polar surface area (TPSA) is 44.8 Å². The maximum atomic E-state index is 11.3. The summed E-state index contributed by atoms with van der Waals surface area (Å²) in [5.74, 6) is 2.25. The Bertz CT molecular complexity index is 658. The highest BCUT2D eigenvalue weighted by molar-refractivity contribution is 7.99. The summed E-state index contributed by atoms with van der Waals surface area (Å²) in [6.07, 6.45) is 0.972. The van der Waals surface area contributed by atoms with Crippen LogP contribution >= 0.6 is 11.8 Å². The van der Waals surface area contributed by atoms with Crippen molar-refractivity contribution in [3.05, 3.63) is 54.1 Å². The van der Waals surface area contributed by atoms with Gasteiger partial charge >= 0.3 is 5.97 Å². The molecule has 2 aromatic rings. The number of thioether (sulfide) groups is 1. The summed E-state index contributed by atoms with van der Waals surface area (Å²) in [5.41, 5.74) is 1.01. The first kappa shape index (κ1) is 19.2. The molecule has 5 heteroatoms. The molecule has 0 saturated carbocycles. The van der Waals surface area contributed by atoms with E-state index in [0.717, 1.165) is 23.5 Å². The van der Waals surface area contributed by atoms with Crippen molar-refractivity contribution in [3.63, 3.8) is 0 Å². The van der Waals surface area contributed by atoms with Crippen LogP contribution in [0.1, 0.15) is 18.9 Å². The SMILES string of the molecule is CCOC(=O)COc1ccc(SCCCOc2ccccc2)cc1C. The molecule has 4 nitrogen and oxygen atoms in total. The second-order valence-corrected chi connectivity index (χ2v) is 6.55. The zero-order valence-corrected chi connectivity index (χ0v) is 15.5. The van der Waals surface area contributed by atoms with Crippen LogP contribution in [0.3, 0.4) is 0 Å². The van der Waals surface area contributed by atoms with Crippen molar-refractivity contribution in [1.82, 2.24) is 0 Å². The fourth-order valence-corrected chi connectivity index (χ4v) is 3.09. The predicted molar refractivity (Wildman–Crippen MR) is 101 cm³/mol. The summed E-state index contributed by atoms with van der Waals surface area (Å²) in [4.78, 5) is 12.5. The Morgan fingerprint density at radius 2 is 1.88 bits per heavy atom. The second kappa shape index (κ2) is 10.7. The minimum Gasteiger partial charge on any atom is -0.494 e. The zero-order chi connectivity index (χ0) is 17.9. The minimum absolute atomic E-state index is 0.0575. The van der Waals surface area contributed by atoms with Gasteiger partial charge in [-0.05, 0) is 56.2 Å². The molecule has 25 heavy (non-hydrogen) atoms. The van der Waals surface area contributed by atoms with Gasteiger partial charge < -0.3 is 14.2 Å². The van der Waals surface area contributed by atoms with Crippen molar-refractivity contribution in [2.75, 3.05) is 25.6 Å². The molecule has 2 aromatic carbocycles. The Morgan fingerprint density at radius 3 is 2.60 bits per heavy atom. The van der Waals surface area contributed by atoms with Crippen LogP contribution in [0.5, 0.6) is 11.5 Å². The van der Waals surface area contributed by atoms with Gasteiger partial charge in [0.25, 0.3) is 0 Å². The largest absolute Gasteiger partial charge is 0.494 e. The molecule has 0 aliphatic heterocycles. The lowest BCUT2D eigenvalue weighted by molar-refractivity contribution is -0.145. The maximum absolute atomic E-state index is 11.3. The van der Waals surface area contributed by atoms with Gasteiger partial charge in [0, 0.05) is 10.6 Å². The number of carbonyl (C=O) groups excluding carboxylic acids is 1. The van der Waals surface area contributed by atoms with E-state index in [0.29, 0.717) is 19.0 Å². The van der Waals surface area contributed by atoms with E-state index in [4.69, 9.17) is 14.2 Å². The lowest BCUT2D eigenvalue weighted by atomic mass is 10.2. The van der Waals surface area contributed by atoms with E-state index in [-0.39, 0.29) is 12.6 Å². The fourth-order valence-electron chi connectivity index (χ4n) is 2.17. The molecule has 0 spiro atoms. The van der Waals surface area contributed by atoms with Crippen molar-refractivity contribution in [2.45, 2.75) is 25.2 Å². The number of carbonyl (C=O) groups is 1. The maximum Gasteiger partial charge on any atom is 0.344 e. The Hall–Kier alpha value is -2.14. The van der Waals surface area contributed by atoms with Crippen LogP contribution in [-0.4, -0.2) is 31.5 Å². The Morgan fingerprint density at radius 1 is 1.08 bits per heavy atom. The molecule has 0 radical (unpaired) electrons. The van der Waals surface area contributed by atoms with E-state index < -0.39 is 0 Å². The number of rotatable bonds is 10. The molecule has 2 rings (SSSR count). The number of esters is 1. The molecular weight excluding hydrogens is 336 g/mol. The second-order valence-electron chi connectivity index (χ2n) is 5.38. The third-order valence-electron chi connectivity index (χ3n) is 3.37. The summed E-state index contributed by atoms with van der Waals surface area (Å²) in [6.45, 7) is 4.77. The number of ether oxygens (including phenoxy) is 3. The summed E-state index contributed by atoms with van der Waals surface area (Å²) in [7, 11) is 0. The smallest absolute Gasteiger partial charge is 0.344 e. The first-order valence-corrected chi connectivity index (χ1v) is 9.37. The van der Waals surface area contributed by atoms with Gasteiger partial charge in [0.2, 0.25) is 0 Å². The first-order valence-electron chi connectivity index (χ1n) is 8.38. The van der Waals surface area contributed by atoms with Gasteiger partial charge in [0.05, 0.1) is 13.2 Å². The summed E-state index contributed by atoms with van der Waals surface area (Å²) >= 11 is 1.78. The number of aryl methyl sites for hydroxylation is 1. The quantitative estimate of drug-likeness (QED) is 0.355. The van der Waals surface area contributed by atoms with Crippen molar-refractivity contribution in [2.24, 2.45) is 0 Å². The summed E-state index contributed by atoms with van der Waals surface area (Å²) in [5, 5.41) is 0. The minimum atomic E-state index is -0.348. The first-order chi connectivity index (χ1) is 12.2. The summed E-state index contributed by atoms with van der Waals surface area (Å²) in [6, 6.07) is 15.8. The van der Waals surface area contributed by atoms with E-state index in [2.05, 4.69) is 6.07 Å². The molecule has 0 aromatic heterocycles. The molecule has 134 valence electrons. The molecule has 0 unspecified atom stereocenters. The molecule has 0 atom stereocenters. The molecule has 0 aliphatic rings. The highest BCUT2D eigenvalue weighted by Crippen LogP contribution is 2.26. The molecule has 0 heterocycles. The van der Waals surface area contributed by atoms with Gasteiger partial charge in [-0.3, -0.25) is 0 Å². The number of para-hydroxylation sites is 1. The van der Waals surface area contributed by atoms with Crippen LogP contribution < -0.4 is 9.47 Å². The van der Waals surface area contributed by atoms with Gasteiger partial charge in [0.1, 0.15) is 11.5 Å². The van der Waals surface area contributed by atoms with Crippen LogP contribution in [-0.2, 0) is 9.53 Å². The van der Waals surface area contributed by atoms with Crippen LogP contribution in [0.15, 0.2) is 53.4 Å². The van der Waals surface area contributed by atoms with Crippen LogP contribution in [0.2, 0.25) is 0 Å². The van der Waals surface area contributed by atoms with E-state index in [1.807, 2.05) is 49.4 Å². The van der Waals surface area contributed by atoms with Gasteiger partial charge in [-0.1, -0.05) is 18.2 Å². The Labute approximate surface area is 153 Å². The molecule has 0 amide bonds. The summed E-state index contributed by atoms with van der Waals surface area (Å²) < 4.78 is 16.0. The number of hydrogen-bond acceptors (Lipinski definition) is 5. The Balaban J connectivity index is 1.70. The van der Waals surface area contributed by atoms with Crippen molar-refractivity contribution < 1.29 is 19.0 Å². The third-order valence-corrected chi connectivity index (χ3v) is 4.45. The predicted octanol–water partition coefficient (Wildman–Crippen LogP) is 4.50. The standard InChI is InChI=1S/C20H24O4S/c1-3-22-20(21)15-24-19-11-10-18(14-16(19)2)25-13-7-12-23-17-8-5-4-6-9-17/h4-6,8-11,14H,3,7,12-13,15H2,1-2H3. The molecule has 0 aliphatic carbocycles. The molecule has 0 N–H and O–H groups in total. The van der Waals surface area contributed by atoms with E-state index in [9.17, 15) is 4.79 Å². The normalized spacial score (nSPS) is 10.3. The Kier molecular flexibility index (Phi) is 8.19. The lowest BCUT2D eigenvalue weighted by Gasteiger charge is -2.10. The van der Waals surface area contributed by atoms with Crippen molar-refractivity contribution in [1.29, 1.82) is 0 Å². The van der Waals surface area contributed by atoms with Crippen LogP contribution in [0.4, 0.5) is 0 Å². The van der Waals surface area contributed by atoms with E-state index >= 15 is 0 Å². The average Bonchev–Trinajstić information content (AvgIpc) is 2.62. The molecular formula is C20H24O4S. The number of hydrogen-bond donors (Lipinski definition) is 0. The zero-order valence-electron chi connectivity index (χ0n) is 14.7. The average molecular weight is 360 g/mol. The van der Waals surface area contributed by atoms with Crippen molar-refractivity contribution >= 4 is 17.7 Å². The molecule has 0 bridgehead atoms. The van der Waals surface area contributed by atoms with E-state index in [1.54, 1.807) is 18.7 Å².